The average Bonchev–Trinajstić information content (AvgIpc) is 2.97. The number of rotatable bonds is 5. The lowest BCUT2D eigenvalue weighted by Gasteiger charge is -2.25. The summed E-state index contributed by atoms with van der Waals surface area (Å²) in [6, 6.07) is 3.08. The van der Waals surface area contributed by atoms with E-state index in [0.29, 0.717) is 6.54 Å². The van der Waals surface area contributed by atoms with Crippen LogP contribution in [0.5, 0.6) is 0 Å². The first-order chi connectivity index (χ1) is 10.1. The number of hydrogen-bond donors (Lipinski definition) is 2. The fourth-order valence-corrected chi connectivity index (χ4v) is 2.50. The number of urea groups is 1. The fourth-order valence-electron chi connectivity index (χ4n) is 2.50. The third-order valence-electron chi connectivity index (χ3n) is 3.86. The van der Waals surface area contributed by atoms with Crippen LogP contribution >= 0.6 is 0 Å². The van der Waals surface area contributed by atoms with Gasteiger partial charge in [0.15, 0.2) is 0 Å². The summed E-state index contributed by atoms with van der Waals surface area (Å²) >= 11 is 0. The highest BCUT2D eigenvalue weighted by atomic mass is 16.5. The molecule has 7 nitrogen and oxygen atoms in total. The monoisotopic (exact) mass is 294 g/mol. The average molecular weight is 294 g/mol. The Labute approximate surface area is 121 Å². The van der Waals surface area contributed by atoms with Crippen molar-refractivity contribution in [2.45, 2.75) is 31.5 Å². The molecule has 2 unspecified atom stereocenters. The summed E-state index contributed by atoms with van der Waals surface area (Å²) in [6.45, 7) is 0.776. The van der Waals surface area contributed by atoms with E-state index in [1.165, 1.54) is 0 Å². The van der Waals surface area contributed by atoms with Crippen molar-refractivity contribution in [2.75, 3.05) is 13.2 Å². The van der Waals surface area contributed by atoms with Gasteiger partial charge in [-0.1, -0.05) is 0 Å². The van der Waals surface area contributed by atoms with Gasteiger partial charge in [0.05, 0.1) is 32.1 Å². The minimum Gasteiger partial charge on any atom is -0.481 e. The van der Waals surface area contributed by atoms with E-state index in [4.69, 9.17) is 14.3 Å². The molecule has 3 rings (SSSR count). The molecule has 1 saturated heterocycles. The van der Waals surface area contributed by atoms with E-state index in [2.05, 4.69) is 5.32 Å². The summed E-state index contributed by atoms with van der Waals surface area (Å²) in [6.07, 6.45) is 3.51. The van der Waals surface area contributed by atoms with Crippen molar-refractivity contribution in [1.29, 1.82) is 0 Å². The lowest BCUT2D eigenvalue weighted by atomic mass is 10.0. The quantitative estimate of drug-likeness (QED) is 0.847. The van der Waals surface area contributed by atoms with Crippen LogP contribution in [0.25, 0.3) is 0 Å². The summed E-state index contributed by atoms with van der Waals surface area (Å²) in [4.78, 5) is 25.2. The van der Waals surface area contributed by atoms with Crippen LogP contribution in [0.2, 0.25) is 0 Å². The molecule has 1 aromatic rings. The Bertz CT molecular complexity index is 511. The minimum absolute atomic E-state index is 0.141. The fraction of sp³-hybridized carbons (Fsp3) is 0.571. The Morgan fingerprint density at radius 2 is 2.19 bits per heavy atom. The Hall–Kier alpha value is -2.02. The molecular formula is C14H18N2O5. The van der Waals surface area contributed by atoms with Crippen molar-refractivity contribution < 1.29 is 23.8 Å². The highest BCUT2D eigenvalue weighted by Crippen LogP contribution is 2.29. The number of hydrogen-bond acceptors (Lipinski definition) is 4. The zero-order chi connectivity index (χ0) is 14.8. The molecule has 0 bridgehead atoms. The second-order valence-electron chi connectivity index (χ2n) is 5.48. The number of furan rings is 1. The van der Waals surface area contributed by atoms with E-state index in [9.17, 15) is 9.59 Å². The molecule has 1 aromatic heterocycles. The molecule has 1 aliphatic carbocycles. The highest BCUT2D eigenvalue weighted by molar-refractivity contribution is 5.77. The van der Waals surface area contributed by atoms with E-state index < -0.39 is 17.9 Å². The van der Waals surface area contributed by atoms with Gasteiger partial charge in [0.2, 0.25) is 0 Å². The lowest BCUT2D eigenvalue weighted by molar-refractivity contribution is -0.142. The molecule has 2 aliphatic rings. The standard InChI is InChI=1S/C14H18N2O5/c17-13(18)11-7-20-8-12(11)15-14(19)16(9-3-4-9)6-10-2-1-5-21-10/h1-2,5,9,11-12H,3-4,6-8H2,(H,15,19)(H,17,18). The van der Waals surface area contributed by atoms with Gasteiger partial charge in [-0.25, -0.2) is 4.79 Å². The van der Waals surface area contributed by atoms with Crippen LogP contribution in [-0.2, 0) is 16.1 Å². The van der Waals surface area contributed by atoms with Crippen LogP contribution in [0.15, 0.2) is 22.8 Å². The van der Waals surface area contributed by atoms with Gasteiger partial charge in [0.1, 0.15) is 11.7 Å². The van der Waals surface area contributed by atoms with Crippen molar-refractivity contribution in [3.63, 3.8) is 0 Å². The number of carboxylic acids is 1. The highest BCUT2D eigenvalue weighted by Gasteiger charge is 2.38. The first-order valence-corrected chi connectivity index (χ1v) is 7.05. The van der Waals surface area contributed by atoms with Gasteiger partial charge in [-0.05, 0) is 25.0 Å². The molecule has 2 atom stereocenters. The van der Waals surface area contributed by atoms with Crippen LogP contribution in [0, 0.1) is 5.92 Å². The Balaban J connectivity index is 1.63. The number of carbonyl (C=O) groups is 2. The maximum atomic E-state index is 12.4. The molecule has 2 heterocycles. The second kappa shape index (κ2) is 5.77. The first-order valence-electron chi connectivity index (χ1n) is 7.05. The predicted octanol–water partition coefficient (Wildman–Crippen LogP) is 1.05. The van der Waals surface area contributed by atoms with E-state index in [0.717, 1.165) is 18.6 Å². The molecule has 0 radical (unpaired) electrons. The summed E-state index contributed by atoms with van der Waals surface area (Å²) in [7, 11) is 0. The van der Waals surface area contributed by atoms with E-state index >= 15 is 0 Å². The molecule has 2 N–H and O–H groups in total. The Morgan fingerprint density at radius 1 is 1.38 bits per heavy atom. The molecule has 114 valence electrons. The normalized spacial score (nSPS) is 24.8. The summed E-state index contributed by atoms with van der Waals surface area (Å²) in [5, 5.41) is 11.9. The molecule has 2 fully saturated rings. The van der Waals surface area contributed by atoms with E-state index in [1.807, 2.05) is 6.07 Å². The molecule has 2 amide bonds. The molecule has 21 heavy (non-hydrogen) atoms. The van der Waals surface area contributed by atoms with Crippen molar-refractivity contribution in [1.82, 2.24) is 10.2 Å². The van der Waals surface area contributed by atoms with Gasteiger partial charge in [0.25, 0.3) is 0 Å². The Kier molecular flexibility index (Phi) is 3.83. The van der Waals surface area contributed by atoms with Gasteiger partial charge in [0, 0.05) is 6.04 Å². The van der Waals surface area contributed by atoms with Crippen LogP contribution in [0.3, 0.4) is 0 Å². The maximum absolute atomic E-state index is 12.4. The first kappa shape index (κ1) is 13.9. The van der Waals surface area contributed by atoms with Gasteiger partial charge >= 0.3 is 12.0 Å². The molecule has 1 aliphatic heterocycles. The number of amides is 2. The van der Waals surface area contributed by atoms with Crippen LogP contribution in [0.1, 0.15) is 18.6 Å². The summed E-state index contributed by atoms with van der Waals surface area (Å²) in [5.74, 6) is -0.907. The number of nitrogens with one attached hydrogen (secondary N) is 1. The van der Waals surface area contributed by atoms with Gasteiger partial charge in [-0.2, -0.15) is 0 Å². The van der Waals surface area contributed by atoms with Crippen molar-refractivity contribution in [2.24, 2.45) is 5.92 Å². The number of carboxylic acid groups (broad SMARTS) is 1. The number of nitrogens with zero attached hydrogens (tertiary/aromatic N) is 1. The van der Waals surface area contributed by atoms with Gasteiger partial charge in [-0.15, -0.1) is 0 Å². The summed E-state index contributed by atoms with van der Waals surface area (Å²) in [5.41, 5.74) is 0. The van der Waals surface area contributed by atoms with Crippen molar-refractivity contribution in [3.8, 4) is 0 Å². The molecular weight excluding hydrogens is 276 g/mol. The maximum Gasteiger partial charge on any atom is 0.318 e. The van der Waals surface area contributed by atoms with Crippen molar-refractivity contribution in [3.05, 3.63) is 24.2 Å². The van der Waals surface area contributed by atoms with E-state index in [-0.39, 0.29) is 25.3 Å². The molecule has 1 saturated carbocycles. The van der Waals surface area contributed by atoms with Gasteiger partial charge in [-0.3, -0.25) is 4.79 Å². The molecule has 7 heteroatoms. The minimum atomic E-state index is -0.943. The predicted molar refractivity (Wildman–Crippen MR) is 71.5 cm³/mol. The largest absolute Gasteiger partial charge is 0.481 e. The number of aliphatic carboxylic acids is 1. The third-order valence-corrected chi connectivity index (χ3v) is 3.86. The van der Waals surface area contributed by atoms with Crippen LogP contribution in [0.4, 0.5) is 4.79 Å². The second-order valence-corrected chi connectivity index (χ2v) is 5.48. The molecule has 0 aromatic carbocycles. The van der Waals surface area contributed by atoms with E-state index in [1.54, 1.807) is 17.2 Å². The van der Waals surface area contributed by atoms with Gasteiger partial charge < -0.3 is 24.5 Å². The number of ether oxygens (including phenoxy) is 1. The lowest BCUT2D eigenvalue weighted by Crippen LogP contribution is -2.49. The van der Waals surface area contributed by atoms with Crippen molar-refractivity contribution >= 4 is 12.0 Å². The molecule has 0 spiro atoms. The Morgan fingerprint density at radius 3 is 2.81 bits per heavy atom. The van der Waals surface area contributed by atoms with Crippen LogP contribution < -0.4 is 5.32 Å². The zero-order valence-electron chi connectivity index (χ0n) is 11.5. The van der Waals surface area contributed by atoms with Crippen LogP contribution in [-0.4, -0.2) is 47.3 Å². The summed E-state index contributed by atoms with van der Waals surface area (Å²) < 4.78 is 10.4. The SMILES string of the molecule is O=C(O)C1COCC1NC(=O)N(Cc1ccco1)C1CC1. The third kappa shape index (κ3) is 3.18. The number of carbonyl (C=O) groups excluding carboxylic acids is 1. The smallest absolute Gasteiger partial charge is 0.318 e. The topological polar surface area (TPSA) is 92.0 Å². The zero-order valence-corrected chi connectivity index (χ0v) is 11.5.